The highest BCUT2D eigenvalue weighted by atomic mass is 35.5. The lowest BCUT2D eigenvalue weighted by Gasteiger charge is -2.09. The van der Waals surface area contributed by atoms with Crippen LogP contribution in [-0.2, 0) is 20.7 Å². The molecule has 0 atom stereocenters. The molecule has 29 heavy (non-hydrogen) atoms. The Hall–Kier alpha value is -3.32. The van der Waals surface area contributed by atoms with Gasteiger partial charge in [-0.2, -0.15) is 0 Å². The number of nitrogens with zero attached hydrogens (tertiary/aromatic N) is 1. The SMILES string of the molecule is COc1ccc2c(c1)c(CC(=O)OCC(=O)O)c(C)n2C(=O)c1ccccc1Cl. The van der Waals surface area contributed by atoms with Crippen LogP contribution in [0.15, 0.2) is 42.5 Å². The summed E-state index contributed by atoms with van der Waals surface area (Å²) in [6.45, 7) is 0.986. The zero-order valence-corrected chi connectivity index (χ0v) is 16.5. The van der Waals surface area contributed by atoms with Gasteiger partial charge in [0, 0.05) is 11.1 Å². The Morgan fingerprint density at radius 2 is 1.86 bits per heavy atom. The largest absolute Gasteiger partial charge is 0.497 e. The van der Waals surface area contributed by atoms with Crippen molar-refractivity contribution in [3.05, 3.63) is 64.3 Å². The number of aromatic nitrogens is 1. The third-order valence-electron chi connectivity index (χ3n) is 4.53. The number of esters is 1. The summed E-state index contributed by atoms with van der Waals surface area (Å²) in [5.41, 5.74) is 1.99. The van der Waals surface area contributed by atoms with Crippen LogP contribution in [-0.4, -0.2) is 41.2 Å². The van der Waals surface area contributed by atoms with Crippen molar-refractivity contribution in [1.82, 2.24) is 4.57 Å². The number of carboxylic acid groups (broad SMARTS) is 1. The predicted molar refractivity (Wildman–Crippen MR) is 107 cm³/mol. The fourth-order valence-corrected chi connectivity index (χ4v) is 3.38. The maximum absolute atomic E-state index is 13.2. The van der Waals surface area contributed by atoms with Gasteiger partial charge in [0.15, 0.2) is 6.61 Å². The monoisotopic (exact) mass is 415 g/mol. The number of carbonyl (C=O) groups is 3. The molecule has 8 heteroatoms. The Balaban J connectivity index is 2.12. The molecule has 0 aliphatic heterocycles. The molecule has 1 N–H and O–H groups in total. The van der Waals surface area contributed by atoms with Crippen molar-refractivity contribution < 1.29 is 29.0 Å². The minimum absolute atomic E-state index is 0.189. The van der Waals surface area contributed by atoms with Gasteiger partial charge in [-0.15, -0.1) is 0 Å². The summed E-state index contributed by atoms with van der Waals surface area (Å²) < 4.78 is 11.5. The summed E-state index contributed by atoms with van der Waals surface area (Å²) in [6, 6.07) is 11.9. The van der Waals surface area contributed by atoms with E-state index in [1.165, 1.54) is 11.7 Å². The lowest BCUT2D eigenvalue weighted by Crippen LogP contribution is -2.16. The quantitative estimate of drug-likeness (QED) is 0.619. The van der Waals surface area contributed by atoms with Crippen LogP contribution < -0.4 is 4.74 Å². The van der Waals surface area contributed by atoms with E-state index < -0.39 is 18.5 Å². The van der Waals surface area contributed by atoms with Gasteiger partial charge in [0.2, 0.25) is 0 Å². The van der Waals surface area contributed by atoms with E-state index >= 15 is 0 Å². The number of hydrogen-bond acceptors (Lipinski definition) is 5. The Kier molecular flexibility index (Phi) is 5.89. The van der Waals surface area contributed by atoms with Gasteiger partial charge in [0.25, 0.3) is 5.91 Å². The van der Waals surface area contributed by atoms with E-state index in [2.05, 4.69) is 0 Å². The molecule has 0 saturated heterocycles. The molecule has 1 aromatic heterocycles. The van der Waals surface area contributed by atoms with Gasteiger partial charge in [-0.05, 0) is 42.8 Å². The molecular weight excluding hydrogens is 398 g/mol. The van der Waals surface area contributed by atoms with Crippen LogP contribution in [0, 0.1) is 6.92 Å². The van der Waals surface area contributed by atoms with Crippen molar-refractivity contribution in [2.75, 3.05) is 13.7 Å². The molecule has 0 aliphatic rings. The molecule has 0 spiro atoms. The van der Waals surface area contributed by atoms with Crippen LogP contribution in [0.1, 0.15) is 21.6 Å². The number of carboxylic acids is 1. The molecule has 150 valence electrons. The molecule has 0 bridgehead atoms. The van der Waals surface area contributed by atoms with E-state index in [4.69, 9.17) is 26.2 Å². The molecule has 0 saturated carbocycles. The molecule has 7 nitrogen and oxygen atoms in total. The Morgan fingerprint density at radius 1 is 1.14 bits per heavy atom. The first-order valence-corrected chi connectivity index (χ1v) is 9.05. The second-order valence-electron chi connectivity index (χ2n) is 6.30. The van der Waals surface area contributed by atoms with Crippen molar-refractivity contribution in [2.24, 2.45) is 0 Å². The number of aliphatic carboxylic acids is 1. The van der Waals surface area contributed by atoms with Crippen LogP contribution >= 0.6 is 11.6 Å². The highest BCUT2D eigenvalue weighted by molar-refractivity contribution is 6.34. The van der Waals surface area contributed by atoms with Crippen LogP contribution in [0.3, 0.4) is 0 Å². The lowest BCUT2D eigenvalue weighted by atomic mass is 10.1. The fraction of sp³-hybridized carbons (Fsp3) is 0.190. The van der Waals surface area contributed by atoms with E-state index in [1.807, 2.05) is 0 Å². The summed E-state index contributed by atoms with van der Waals surface area (Å²) in [7, 11) is 1.51. The Morgan fingerprint density at radius 3 is 2.52 bits per heavy atom. The van der Waals surface area contributed by atoms with E-state index in [-0.39, 0.29) is 12.3 Å². The number of fused-ring (bicyclic) bond motifs is 1. The molecule has 3 rings (SSSR count). The molecular formula is C21H18ClNO6. The van der Waals surface area contributed by atoms with Gasteiger partial charge in [0.05, 0.1) is 29.6 Å². The van der Waals surface area contributed by atoms with Gasteiger partial charge in [-0.25, -0.2) is 4.79 Å². The summed E-state index contributed by atoms with van der Waals surface area (Å²) in [5.74, 6) is -1.73. The standard InChI is InChI=1S/C21H18ClNO6/c1-12-15(10-20(26)29-11-19(24)25)16-9-13(28-2)7-8-18(16)23(12)21(27)14-5-3-4-6-17(14)22/h3-9H,10-11H2,1-2H3,(H,24,25). The summed E-state index contributed by atoms with van der Waals surface area (Å²) in [5, 5.41) is 9.65. The number of halogens is 1. The molecule has 0 unspecified atom stereocenters. The number of methoxy groups -OCH3 is 1. The smallest absolute Gasteiger partial charge is 0.341 e. The minimum Gasteiger partial charge on any atom is -0.497 e. The van der Waals surface area contributed by atoms with Crippen LogP contribution in [0.25, 0.3) is 10.9 Å². The van der Waals surface area contributed by atoms with Gasteiger partial charge in [-0.1, -0.05) is 23.7 Å². The second-order valence-corrected chi connectivity index (χ2v) is 6.71. The summed E-state index contributed by atoms with van der Waals surface area (Å²) in [6.07, 6.45) is -0.189. The number of benzene rings is 2. The van der Waals surface area contributed by atoms with E-state index in [9.17, 15) is 14.4 Å². The average molecular weight is 416 g/mol. The first-order chi connectivity index (χ1) is 13.8. The Bertz CT molecular complexity index is 1120. The topological polar surface area (TPSA) is 94.8 Å². The molecule has 0 radical (unpaired) electrons. The van der Waals surface area contributed by atoms with E-state index in [1.54, 1.807) is 49.4 Å². The van der Waals surface area contributed by atoms with Crippen molar-refractivity contribution in [1.29, 1.82) is 0 Å². The zero-order chi connectivity index (χ0) is 21.1. The second kappa shape index (κ2) is 8.36. The van der Waals surface area contributed by atoms with Crippen LogP contribution in [0.5, 0.6) is 5.75 Å². The highest BCUT2D eigenvalue weighted by Crippen LogP contribution is 2.31. The number of carbonyl (C=O) groups excluding carboxylic acids is 2. The number of ether oxygens (including phenoxy) is 2. The highest BCUT2D eigenvalue weighted by Gasteiger charge is 2.23. The lowest BCUT2D eigenvalue weighted by molar-refractivity contribution is -0.154. The van der Waals surface area contributed by atoms with Crippen LogP contribution in [0.4, 0.5) is 0 Å². The minimum atomic E-state index is -1.24. The fourth-order valence-electron chi connectivity index (χ4n) is 3.17. The number of hydrogen-bond donors (Lipinski definition) is 1. The van der Waals surface area contributed by atoms with E-state index in [0.29, 0.717) is 38.5 Å². The molecule has 3 aromatic rings. The van der Waals surface area contributed by atoms with Crippen molar-refractivity contribution in [3.8, 4) is 5.75 Å². The first kappa shape index (κ1) is 20.4. The Labute approximate surface area is 171 Å². The van der Waals surface area contributed by atoms with Crippen LogP contribution in [0.2, 0.25) is 5.02 Å². The molecule has 1 heterocycles. The maximum Gasteiger partial charge on any atom is 0.341 e. The van der Waals surface area contributed by atoms with Gasteiger partial charge in [-0.3, -0.25) is 14.2 Å². The third kappa shape index (κ3) is 4.09. The summed E-state index contributed by atoms with van der Waals surface area (Å²) in [4.78, 5) is 36.0. The predicted octanol–water partition coefficient (Wildman–Crippen LogP) is 3.47. The average Bonchev–Trinajstić information content (AvgIpc) is 2.97. The summed E-state index contributed by atoms with van der Waals surface area (Å²) >= 11 is 6.20. The molecule has 0 fully saturated rings. The third-order valence-corrected chi connectivity index (χ3v) is 4.86. The van der Waals surface area contributed by atoms with Crippen molar-refractivity contribution in [2.45, 2.75) is 13.3 Å². The molecule has 0 amide bonds. The van der Waals surface area contributed by atoms with Gasteiger partial charge >= 0.3 is 11.9 Å². The first-order valence-electron chi connectivity index (χ1n) is 8.68. The molecule has 2 aromatic carbocycles. The zero-order valence-electron chi connectivity index (χ0n) is 15.8. The maximum atomic E-state index is 13.2. The van der Waals surface area contributed by atoms with Crippen molar-refractivity contribution in [3.63, 3.8) is 0 Å². The van der Waals surface area contributed by atoms with Gasteiger partial charge < -0.3 is 14.6 Å². The number of rotatable bonds is 6. The van der Waals surface area contributed by atoms with Crippen molar-refractivity contribution >= 4 is 40.3 Å². The van der Waals surface area contributed by atoms with E-state index in [0.717, 1.165) is 0 Å². The van der Waals surface area contributed by atoms with Gasteiger partial charge in [0.1, 0.15) is 5.75 Å². The molecule has 0 aliphatic carbocycles. The normalized spacial score (nSPS) is 10.7.